The second-order valence-corrected chi connectivity index (χ2v) is 7.17. The molecule has 5 heteroatoms. The molecule has 1 saturated carbocycles. The standard InChI is InChI=1S/C20H19ClN2O2/c21-17-6-3-14(4-7-17)19(24)22-18-8-5-13-9-10-23(12-16(13)11-18)20(25)15-1-2-15/h3-8,11,15H,1-2,9-10,12H2,(H,22,24). The van der Waals surface area contributed by atoms with Gasteiger partial charge >= 0.3 is 0 Å². The number of fused-ring (bicyclic) bond motifs is 1. The number of halogens is 1. The molecule has 0 spiro atoms. The fourth-order valence-corrected chi connectivity index (χ4v) is 3.34. The number of amides is 2. The third-order valence-corrected chi connectivity index (χ3v) is 5.07. The monoisotopic (exact) mass is 354 g/mol. The summed E-state index contributed by atoms with van der Waals surface area (Å²) < 4.78 is 0. The minimum Gasteiger partial charge on any atom is -0.338 e. The molecule has 1 heterocycles. The van der Waals surface area contributed by atoms with Crippen LogP contribution in [0.25, 0.3) is 0 Å². The summed E-state index contributed by atoms with van der Waals surface area (Å²) in [5.74, 6) is 0.355. The number of carbonyl (C=O) groups is 2. The largest absolute Gasteiger partial charge is 0.338 e. The summed E-state index contributed by atoms with van der Waals surface area (Å²) in [6.45, 7) is 1.42. The van der Waals surface area contributed by atoms with Crippen LogP contribution in [-0.4, -0.2) is 23.3 Å². The van der Waals surface area contributed by atoms with Gasteiger partial charge in [-0.15, -0.1) is 0 Å². The zero-order chi connectivity index (χ0) is 17.4. The van der Waals surface area contributed by atoms with Crippen molar-refractivity contribution in [3.05, 3.63) is 64.2 Å². The Bertz CT molecular complexity index is 828. The molecule has 25 heavy (non-hydrogen) atoms. The number of anilines is 1. The van der Waals surface area contributed by atoms with Gasteiger partial charge in [-0.1, -0.05) is 17.7 Å². The topological polar surface area (TPSA) is 49.4 Å². The van der Waals surface area contributed by atoms with E-state index in [0.717, 1.165) is 37.1 Å². The molecule has 0 unspecified atom stereocenters. The first-order valence-electron chi connectivity index (χ1n) is 8.57. The van der Waals surface area contributed by atoms with Crippen LogP contribution in [0.4, 0.5) is 5.69 Å². The van der Waals surface area contributed by atoms with E-state index in [2.05, 4.69) is 5.32 Å². The highest BCUT2D eigenvalue weighted by Gasteiger charge is 2.34. The highest BCUT2D eigenvalue weighted by molar-refractivity contribution is 6.30. The molecular weight excluding hydrogens is 336 g/mol. The van der Waals surface area contributed by atoms with Gasteiger partial charge in [-0.3, -0.25) is 9.59 Å². The Morgan fingerprint density at radius 2 is 1.80 bits per heavy atom. The summed E-state index contributed by atoms with van der Waals surface area (Å²) in [4.78, 5) is 26.6. The number of hydrogen-bond acceptors (Lipinski definition) is 2. The van der Waals surface area contributed by atoms with Crippen LogP contribution in [0.1, 0.15) is 34.3 Å². The van der Waals surface area contributed by atoms with Crippen molar-refractivity contribution in [1.29, 1.82) is 0 Å². The Balaban J connectivity index is 1.48. The number of nitrogens with zero attached hydrogens (tertiary/aromatic N) is 1. The van der Waals surface area contributed by atoms with E-state index in [9.17, 15) is 9.59 Å². The summed E-state index contributed by atoms with van der Waals surface area (Å²) >= 11 is 5.86. The van der Waals surface area contributed by atoms with E-state index in [0.29, 0.717) is 17.1 Å². The molecule has 2 amide bonds. The molecule has 2 aliphatic rings. The lowest BCUT2D eigenvalue weighted by atomic mass is 9.98. The highest BCUT2D eigenvalue weighted by Crippen LogP contribution is 2.33. The molecule has 1 fully saturated rings. The predicted molar refractivity (Wildman–Crippen MR) is 97.7 cm³/mol. The lowest BCUT2D eigenvalue weighted by Crippen LogP contribution is -2.36. The van der Waals surface area contributed by atoms with Gasteiger partial charge in [0.25, 0.3) is 5.91 Å². The number of rotatable bonds is 3. The van der Waals surface area contributed by atoms with Crippen molar-refractivity contribution >= 4 is 29.1 Å². The molecule has 4 nitrogen and oxygen atoms in total. The van der Waals surface area contributed by atoms with E-state index in [1.54, 1.807) is 24.3 Å². The Morgan fingerprint density at radius 1 is 1.04 bits per heavy atom. The molecule has 128 valence electrons. The Hall–Kier alpha value is -2.33. The first-order valence-corrected chi connectivity index (χ1v) is 8.95. The van der Waals surface area contributed by atoms with Crippen LogP contribution in [-0.2, 0) is 17.8 Å². The van der Waals surface area contributed by atoms with Gasteiger partial charge in [-0.05, 0) is 66.8 Å². The summed E-state index contributed by atoms with van der Waals surface area (Å²) in [5, 5.41) is 3.52. The van der Waals surface area contributed by atoms with Crippen LogP contribution in [0.2, 0.25) is 5.02 Å². The SMILES string of the molecule is O=C(Nc1ccc2c(c1)CN(C(=O)C1CC1)CC2)c1ccc(Cl)cc1. The first kappa shape index (κ1) is 16.2. The molecule has 0 bridgehead atoms. The molecule has 0 aromatic heterocycles. The van der Waals surface area contributed by atoms with Gasteiger partial charge in [0.1, 0.15) is 0 Å². The molecule has 1 aliphatic carbocycles. The first-order chi connectivity index (χ1) is 12.1. The van der Waals surface area contributed by atoms with Gasteiger partial charge in [0.2, 0.25) is 5.91 Å². The lowest BCUT2D eigenvalue weighted by Gasteiger charge is -2.29. The van der Waals surface area contributed by atoms with Gasteiger partial charge in [-0.2, -0.15) is 0 Å². The van der Waals surface area contributed by atoms with Crippen molar-refractivity contribution < 1.29 is 9.59 Å². The van der Waals surface area contributed by atoms with Crippen molar-refractivity contribution in [2.45, 2.75) is 25.8 Å². The van der Waals surface area contributed by atoms with Crippen LogP contribution >= 0.6 is 11.6 Å². The van der Waals surface area contributed by atoms with Gasteiger partial charge in [0.15, 0.2) is 0 Å². The molecule has 0 saturated heterocycles. The zero-order valence-electron chi connectivity index (χ0n) is 13.8. The van der Waals surface area contributed by atoms with E-state index in [1.807, 2.05) is 23.1 Å². The van der Waals surface area contributed by atoms with Crippen LogP contribution < -0.4 is 5.32 Å². The minimum absolute atomic E-state index is 0.168. The average molecular weight is 355 g/mol. The number of benzene rings is 2. The third kappa shape index (κ3) is 3.54. The predicted octanol–water partition coefficient (Wildman–Crippen LogP) is 3.89. The fraction of sp³-hybridized carbons (Fsp3) is 0.300. The van der Waals surface area contributed by atoms with Crippen molar-refractivity contribution in [2.75, 3.05) is 11.9 Å². The summed E-state index contributed by atoms with van der Waals surface area (Å²) in [6.07, 6.45) is 2.93. The van der Waals surface area contributed by atoms with Gasteiger partial charge in [0, 0.05) is 35.3 Å². The van der Waals surface area contributed by atoms with Crippen molar-refractivity contribution in [2.24, 2.45) is 5.92 Å². The van der Waals surface area contributed by atoms with Crippen molar-refractivity contribution in [1.82, 2.24) is 4.90 Å². The molecule has 0 atom stereocenters. The zero-order valence-corrected chi connectivity index (χ0v) is 14.6. The van der Waals surface area contributed by atoms with Crippen LogP contribution in [0.5, 0.6) is 0 Å². The summed E-state index contributed by atoms with van der Waals surface area (Å²) in [7, 11) is 0. The van der Waals surface area contributed by atoms with Crippen molar-refractivity contribution in [3.8, 4) is 0 Å². The third-order valence-electron chi connectivity index (χ3n) is 4.82. The molecule has 1 N–H and O–H groups in total. The number of nitrogens with one attached hydrogen (secondary N) is 1. The van der Waals surface area contributed by atoms with Gasteiger partial charge in [-0.25, -0.2) is 0 Å². The molecule has 4 rings (SSSR count). The fourth-order valence-electron chi connectivity index (χ4n) is 3.22. The van der Waals surface area contributed by atoms with Crippen LogP contribution in [0, 0.1) is 5.92 Å². The van der Waals surface area contributed by atoms with E-state index >= 15 is 0 Å². The van der Waals surface area contributed by atoms with E-state index < -0.39 is 0 Å². The quantitative estimate of drug-likeness (QED) is 0.909. The smallest absolute Gasteiger partial charge is 0.255 e. The molecule has 2 aromatic carbocycles. The maximum atomic E-state index is 12.3. The molecular formula is C20H19ClN2O2. The van der Waals surface area contributed by atoms with Crippen LogP contribution in [0.15, 0.2) is 42.5 Å². The summed E-state index contributed by atoms with van der Waals surface area (Å²) in [5.41, 5.74) is 3.69. The second kappa shape index (κ2) is 6.52. The number of hydrogen-bond donors (Lipinski definition) is 1. The lowest BCUT2D eigenvalue weighted by molar-refractivity contribution is -0.133. The van der Waals surface area contributed by atoms with E-state index in [-0.39, 0.29) is 17.7 Å². The van der Waals surface area contributed by atoms with Gasteiger partial charge < -0.3 is 10.2 Å². The maximum absolute atomic E-state index is 12.3. The Kier molecular flexibility index (Phi) is 4.22. The highest BCUT2D eigenvalue weighted by atomic mass is 35.5. The van der Waals surface area contributed by atoms with Gasteiger partial charge in [0.05, 0.1) is 0 Å². The second-order valence-electron chi connectivity index (χ2n) is 6.73. The van der Waals surface area contributed by atoms with E-state index in [1.165, 1.54) is 5.56 Å². The summed E-state index contributed by atoms with van der Waals surface area (Å²) in [6, 6.07) is 12.7. The Morgan fingerprint density at radius 3 is 2.52 bits per heavy atom. The normalized spacial score (nSPS) is 16.3. The molecule has 1 aliphatic heterocycles. The van der Waals surface area contributed by atoms with E-state index in [4.69, 9.17) is 11.6 Å². The van der Waals surface area contributed by atoms with Crippen LogP contribution in [0.3, 0.4) is 0 Å². The Labute approximate surface area is 151 Å². The van der Waals surface area contributed by atoms with Crippen molar-refractivity contribution in [3.63, 3.8) is 0 Å². The molecule has 0 radical (unpaired) electrons. The average Bonchev–Trinajstić information content (AvgIpc) is 3.46. The number of carbonyl (C=O) groups excluding carboxylic acids is 2. The minimum atomic E-state index is -0.168. The maximum Gasteiger partial charge on any atom is 0.255 e. The molecule has 2 aromatic rings.